The van der Waals surface area contributed by atoms with Gasteiger partial charge in [0.25, 0.3) is 5.91 Å². The van der Waals surface area contributed by atoms with Crippen molar-refractivity contribution in [3.05, 3.63) is 65.2 Å². The van der Waals surface area contributed by atoms with E-state index in [1.165, 1.54) is 5.56 Å². The number of carbonyl (C=O) groups excluding carboxylic acids is 1. The van der Waals surface area contributed by atoms with Crippen LogP contribution in [-0.4, -0.2) is 26.2 Å². The molecule has 4 nitrogen and oxygen atoms in total. The Hall–Kier alpha value is -2.62. The lowest BCUT2D eigenvalue weighted by Crippen LogP contribution is -2.18. The number of anilines is 1. The minimum Gasteiger partial charge on any atom is -0.378 e. The molecule has 0 spiro atoms. The highest BCUT2D eigenvalue weighted by Gasteiger charge is 2.14. The van der Waals surface area contributed by atoms with Gasteiger partial charge in [-0.3, -0.25) is 4.79 Å². The van der Waals surface area contributed by atoms with Crippen LogP contribution in [0.1, 0.15) is 42.3 Å². The highest BCUT2D eigenvalue weighted by molar-refractivity contribution is 5.94. The average molecular weight is 323 g/mol. The van der Waals surface area contributed by atoms with E-state index in [0.717, 1.165) is 11.3 Å². The first-order valence-corrected chi connectivity index (χ1v) is 7.99. The molecule has 0 atom stereocenters. The third-order valence-electron chi connectivity index (χ3n) is 3.80. The number of rotatable bonds is 4. The van der Waals surface area contributed by atoms with Gasteiger partial charge >= 0.3 is 0 Å². The molecule has 1 amide bonds. The molecule has 0 bridgehead atoms. The minimum atomic E-state index is -0.211. The van der Waals surface area contributed by atoms with Crippen LogP contribution >= 0.6 is 0 Å². The lowest BCUT2D eigenvalue weighted by molar-refractivity contribution is 0.0955. The molecule has 4 heteroatoms. The first kappa shape index (κ1) is 17.7. The van der Waals surface area contributed by atoms with E-state index in [1.807, 2.05) is 67.5 Å². The molecular formula is C20H25N3O. The topological polar surface area (TPSA) is 44.7 Å². The predicted molar refractivity (Wildman–Crippen MR) is 101 cm³/mol. The molecule has 2 aromatic rings. The highest BCUT2D eigenvalue weighted by atomic mass is 16.2. The van der Waals surface area contributed by atoms with E-state index in [0.29, 0.717) is 5.56 Å². The Morgan fingerprint density at radius 2 is 1.58 bits per heavy atom. The quantitative estimate of drug-likeness (QED) is 0.687. The smallest absolute Gasteiger partial charge is 0.271 e. The van der Waals surface area contributed by atoms with Crippen molar-refractivity contribution in [2.45, 2.75) is 26.2 Å². The van der Waals surface area contributed by atoms with Crippen molar-refractivity contribution in [3.63, 3.8) is 0 Å². The Labute approximate surface area is 144 Å². The van der Waals surface area contributed by atoms with E-state index in [4.69, 9.17) is 0 Å². The highest BCUT2D eigenvalue weighted by Crippen LogP contribution is 2.22. The van der Waals surface area contributed by atoms with E-state index < -0.39 is 0 Å². The van der Waals surface area contributed by atoms with Crippen molar-refractivity contribution < 1.29 is 4.79 Å². The maximum Gasteiger partial charge on any atom is 0.271 e. The summed E-state index contributed by atoms with van der Waals surface area (Å²) in [5.74, 6) is -0.211. The maximum absolute atomic E-state index is 12.1. The van der Waals surface area contributed by atoms with E-state index in [2.05, 4.69) is 31.3 Å². The lowest BCUT2D eigenvalue weighted by atomic mass is 9.87. The summed E-state index contributed by atoms with van der Waals surface area (Å²) in [6.07, 6.45) is 1.64. The van der Waals surface area contributed by atoms with Crippen LogP contribution in [0.4, 0.5) is 5.69 Å². The summed E-state index contributed by atoms with van der Waals surface area (Å²) in [5.41, 5.74) is 6.49. The second-order valence-electron chi connectivity index (χ2n) is 7.01. The Kier molecular flexibility index (Phi) is 5.39. The summed E-state index contributed by atoms with van der Waals surface area (Å²) < 4.78 is 0. The first-order valence-electron chi connectivity index (χ1n) is 7.99. The molecule has 0 unspecified atom stereocenters. The minimum absolute atomic E-state index is 0.0753. The molecule has 0 radical (unpaired) electrons. The second kappa shape index (κ2) is 7.30. The number of carbonyl (C=O) groups is 1. The Morgan fingerprint density at radius 1 is 1.00 bits per heavy atom. The van der Waals surface area contributed by atoms with Crippen LogP contribution in [0.25, 0.3) is 0 Å². The number of hydrazone groups is 1. The van der Waals surface area contributed by atoms with Crippen LogP contribution in [-0.2, 0) is 5.41 Å². The molecule has 2 rings (SSSR count). The van der Waals surface area contributed by atoms with Gasteiger partial charge in [-0.25, -0.2) is 5.43 Å². The summed E-state index contributed by atoms with van der Waals surface area (Å²) in [4.78, 5) is 14.1. The number of hydrogen-bond acceptors (Lipinski definition) is 3. The predicted octanol–water partition coefficient (Wildman–Crippen LogP) is 3.81. The molecule has 1 N–H and O–H groups in total. The van der Waals surface area contributed by atoms with Gasteiger partial charge in [-0.1, -0.05) is 45.0 Å². The van der Waals surface area contributed by atoms with Crippen LogP contribution in [0.15, 0.2) is 53.6 Å². The zero-order chi connectivity index (χ0) is 17.7. The van der Waals surface area contributed by atoms with Gasteiger partial charge < -0.3 is 4.90 Å². The molecule has 0 aliphatic carbocycles. The zero-order valence-corrected chi connectivity index (χ0v) is 15.0. The van der Waals surface area contributed by atoms with Crippen LogP contribution in [0, 0.1) is 0 Å². The summed E-state index contributed by atoms with van der Waals surface area (Å²) in [5, 5.41) is 4.03. The van der Waals surface area contributed by atoms with Gasteiger partial charge in [-0.05, 0) is 40.8 Å². The van der Waals surface area contributed by atoms with Crippen molar-refractivity contribution in [2.75, 3.05) is 19.0 Å². The average Bonchev–Trinajstić information content (AvgIpc) is 2.54. The van der Waals surface area contributed by atoms with Crippen LogP contribution in [0.2, 0.25) is 0 Å². The van der Waals surface area contributed by atoms with Crippen molar-refractivity contribution in [3.8, 4) is 0 Å². The molecule has 0 aromatic heterocycles. The van der Waals surface area contributed by atoms with E-state index in [-0.39, 0.29) is 11.3 Å². The van der Waals surface area contributed by atoms with Gasteiger partial charge in [0.15, 0.2) is 0 Å². The molecule has 2 aromatic carbocycles. The van der Waals surface area contributed by atoms with Crippen molar-refractivity contribution in [1.82, 2.24) is 5.43 Å². The number of benzene rings is 2. The Morgan fingerprint density at radius 3 is 2.08 bits per heavy atom. The molecule has 0 fully saturated rings. The number of nitrogens with one attached hydrogen (secondary N) is 1. The lowest BCUT2D eigenvalue weighted by Gasteiger charge is -2.18. The molecular weight excluding hydrogens is 298 g/mol. The van der Waals surface area contributed by atoms with Crippen molar-refractivity contribution in [1.29, 1.82) is 0 Å². The molecule has 0 heterocycles. The van der Waals surface area contributed by atoms with Gasteiger partial charge in [0.05, 0.1) is 6.21 Å². The third kappa shape index (κ3) is 4.69. The number of nitrogens with zero attached hydrogens (tertiary/aromatic N) is 2. The van der Waals surface area contributed by atoms with Gasteiger partial charge in [0.1, 0.15) is 0 Å². The Bertz CT molecular complexity index is 708. The van der Waals surface area contributed by atoms with E-state index in [9.17, 15) is 4.79 Å². The van der Waals surface area contributed by atoms with Crippen molar-refractivity contribution in [2.24, 2.45) is 5.10 Å². The maximum atomic E-state index is 12.1. The number of amides is 1. The molecule has 126 valence electrons. The van der Waals surface area contributed by atoms with Gasteiger partial charge in [0.2, 0.25) is 0 Å². The Balaban J connectivity index is 1.97. The van der Waals surface area contributed by atoms with E-state index in [1.54, 1.807) is 6.21 Å². The molecule has 0 saturated carbocycles. The molecule has 0 aliphatic heterocycles. The van der Waals surface area contributed by atoms with E-state index >= 15 is 0 Å². The van der Waals surface area contributed by atoms with Gasteiger partial charge in [0, 0.05) is 25.3 Å². The summed E-state index contributed by atoms with van der Waals surface area (Å²) in [6, 6.07) is 15.6. The first-order chi connectivity index (χ1) is 11.3. The molecule has 24 heavy (non-hydrogen) atoms. The summed E-state index contributed by atoms with van der Waals surface area (Å²) in [7, 11) is 3.99. The zero-order valence-electron chi connectivity index (χ0n) is 15.0. The monoisotopic (exact) mass is 323 g/mol. The molecule has 0 aliphatic rings. The van der Waals surface area contributed by atoms with Gasteiger partial charge in [-0.15, -0.1) is 0 Å². The SMILES string of the molecule is CN(C)c1ccc(/C=N\NC(=O)c2ccc(C(C)(C)C)cc2)cc1. The van der Waals surface area contributed by atoms with Crippen molar-refractivity contribution >= 4 is 17.8 Å². The largest absolute Gasteiger partial charge is 0.378 e. The molecule has 0 saturated heterocycles. The fraction of sp³-hybridized carbons (Fsp3) is 0.300. The van der Waals surface area contributed by atoms with Crippen LogP contribution < -0.4 is 10.3 Å². The summed E-state index contributed by atoms with van der Waals surface area (Å²) >= 11 is 0. The second-order valence-corrected chi connectivity index (χ2v) is 7.01. The van der Waals surface area contributed by atoms with Crippen LogP contribution in [0.5, 0.6) is 0 Å². The van der Waals surface area contributed by atoms with Crippen LogP contribution in [0.3, 0.4) is 0 Å². The van der Waals surface area contributed by atoms with Gasteiger partial charge in [-0.2, -0.15) is 5.10 Å². The fourth-order valence-electron chi connectivity index (χ4n) is 2.21. The number of hydrogen-bond donors (Lipinski definition) is 1. The normalized spacial score (nSPS) is 11.5. The third-order valence-corrected chi connectivity index (χ3v) is 3.80. The summed E-state index contributed by atoms with van der Waals surface area (Å²) in [6.45, 7) is 6.44. The fourth-order valence-corrected chi connectivity index (χ4v) is 2.21. The standard InChI is InChI=1S/C20H25N3O/c1-20(2,3)17-10-8-16(9-11-17)19(24)22-21-14-15-6-12-18(13-7-15)23(4)5/h6-14H,1-5H3,(H,22,24)/b21-14-.